The zero-order chi connectivity index (χ0) is 10.7. The monoisotopic (exact) mass is 284 g/mol. The first-order valence-electron chi connectivity index (χ1n) is 5.63. The molecular formula is C13H17BrS. The Bertz CT molecular complexity index is 322. The summed E-state index contributed by atoms with van der Waals surface area (Å²) in [4.78, 5) is 2.18. The highest BCUT2D eigenvalue weighted by atomic mass is 79.9. The highest BCUT2D eigenvalue weighted by Crippen LogP contribution is 2.41. The van der Waals surface area contributed by atoms with E-state index >= 15 is 0 Å². The zero-order valence-corrected chi connectivity index (χ0v) is 11.5. The minimum Gasteiger partial charge on any atom is -0.125 e. The minimum absolute atomic E-state index is 0.668. The van der Waals surface area contributed by atoms with E-state index in [0.717, 1.165) is 5.92 Å². The van der Waals surface area contributed by atoms with Crippen LogP contribution in [0.4, 0.5) is 0 Å². The van der Waals surface area contributed by atoms with E-state index in [0.29, 0.717) is 4.83 Å². The molecule has 0 aliphatic carbocycles. The Labute approximate surface area is 105 Å². The standard InChI is InChI=1S/C13H17BrS/c1-10(14)5-4-6-11-9-15-13-8-3-2-7-12(11)13/h2-3,7-8,10-11H,4-6,9H2,1H3. The van der Waals surface area contributed by atoms with Crippen LogP contribution >= 0.6 is 27.7 Å². The van der Waals surface area contributed by atoms with Gasteiger partial charge in [0.2, 0.25) is 0 Å². The lowest BCUT2D eigenvalue weighted by Gasteiger charge is -2.10. The average molecular weight is 285 g/mol. The van der Waals surface area contributed by atoms with Crippen molar-refractivity contribution in [3.05, 3.63) is 29.8 Å². The Kier molecular flexibility index (Phi) is 4.15. The second kappa shape index (κ2) is 5.40. The third-order valence-electron chi connectivity index (χ3n) is 2.95. The molecule has 1 aliphatic heterocycles. The van der Waals surface area contributed by atoms with Crippen molar-refractivity contribution in [1.29, 1.82) is 0 Å². The first kappa shape index (κ1) is 11.5. The molecule has 15 heavy (non-hydrogen) atoms. The summed E-state index contributed by atoms with van der Waals surface area (Å²) in [5.41, 5.74) is 1.59. The molecule has 1 aromatic rings. The third kappa shape index (κ3) is 3.01. The van der Waals surface area contributed by atoms with Crippen molar-refractivity contribution in [1.82, 2.24) is 0 Å². The Morgan fingerprint density at radius 1 is 1.47 bits per heavy atom. The molecule has 1 aromatic carbocycles. The molecule has 0 spiro atoms. The van der Waals surface area contributed by atoms with Gasteiger partial charge in [-0.2, -0.15) is 0 Å². The van der Waals surface area contributed by atoms with Crippen LogP contribution in [0.15, 0.2) is 29.2 Å². The highest BCUT2D eigenvalue weighted by molar-refractivity contribution is 9.09. The van der Waals surface area contributed by atoms with Gasteiger partial charge in [0.1, 0.15) is 0 Å². The third-order valence-corrected chi connectivity index (χ3v) is 4.66. The normalized spacial score (nSPS) is 21.3. The van der Waals surface area contributed by atoms with Gasteiger partial charge < -0.3 is 0 Å². The largest absolute Gasteiger partial charge is 0.125 e. The Hall–Kier alpha value is 0.0500. The second-order valence-electron chi connectivity index (χ2n) is 4.26. The zero-order valence-electron chi connectivity index (χ0n) is 9.08. The predicted molar refractivity (Wildman–Crippen MR) is 72.1 cm³/mol. The summed E-state index contributed by atoms with van der Waals surface area (Å²) in [6.45, 7) is 2.23. The van der Waals surface area contributed by atoms with Crippen molar-refractivity contribution < 1.29 is 0 Å². The number of benzene rings is 1. The molecule has 0 saturated heterocycles. The highest BCUT2D eigenvalue weighted by Gasteiger charge is 2.21. The SMILES string of the molecule is CC(Br)CCCC1CSc2ccccc21. The van der Waals surface area contributed by atoms with Gasteiger partial charge in [0.05, 0.1) is 0 Å². The van der Waals surface area contributed by atoms with Gasteiger partial charge in [-0.05, 0) is 30.4 Å². The molecule has 1 aliphatic rings. The fourth-order valence-electron chi connectivity index (χ4n) is 2.11. The molecule has 0 amide bonds. The summed E-state index contributed by atoms with van der Waals surface area (Å²) in [7, 11) is 0. The number of rotatable bonds is 4. The fraction of sp³-hybridized carbons (Fsp3) is 0.538. The van der Waals surface area contributed by atoms with E-state index in [4.69, 9.17) is 0 Å². The van der Waals surface area contributed by atoms with Gasteiger partial charge in [0, 0.05) is 15.5 Å². The van der Waals surface area contributed by atoms with Crippen LogP contribution in [-0.2, 0) is 0 Å². The van der Waals surface area contributed by atoms with Crippen LogP contribution in [0.2, 0.25) is 0 Å². The fourth-order valence-corrected chi connectivity index (χ4v) is 3.74. The molecule has 0 N–H and O–H groups in total. The maximum Gasteiger partial charge on any atom is 0.0117 e. The quantitative estimate of drug-likeness (QED) is 0.714. The van der Waals surface area contributed by atoms with Gasteiger partial charge in [-0.3, -0.25) is 0 Å². The first-order valence-corrected chi connectivity index (χ1v) is 7.53. The molecule has 2 rings (SSSR count). The summed E-state index contributed by atoms with van der Waals surface area (Å²) >= 11 is 5.63. The van der Waals surface area contributed by atoms with E-state index < -0.39 is 0 Å². The van der Waals surface area contributed by atoms with Crippen LogP contribution in [-0.4, -0.2) is 10.6 Å². The molecule has 82 valence electrons. The molecule has 2 atom stereocenters. The first-order chi connectivity index (χ1) is 7.27. The van der Waals surface area contributed by atoms with E-state index in [1.807, 2.05) is 11.8 Å². The maximum absolute atomic E-state index is 3.61. The van der Waals surface area contributed by atoms with Crippen molar-refractivity contribution in [3.63, 3.8) is 0 Å². The molecule has 2 unspecified atom stereocenters. The van der Waals surface area contributed by atoms with Crippen molar-refractivity contribution >= 4 is 27.7 Å². The average Bonchev–Trinajstić information content (AvgIpc) is 2.62. The van der Waals surface area contributed by atoms with Crippen molar-refractivity contribution in [2.24, 2.45) is 0 Å². The van der Waals surface area contributed by atoms with E-state index in [9.17, 15) is 0 Å². The lowest BCUT2D eigenvalue weighted by molar-refractivity contribution is 0.612. The van der Waals surface area contributed by atoms with Crippen LogP contribution < -0.4 is 0 Å². The molecule has 0 aromatic heterocycles. The second-order valence-corrected chi connectivity index (χ2v) is 6.88. The lowest BCUT2D eigenvalue weighted by Crippen LogP contribution is -1.98. The Morgan fingerprint density at radius 3 is 3.07 bits per heavy atom. The van der Waals surface area contributed by atoms with Gasteiger partial charge in [0.15, 0.2) is 0 Å². The van der Waals surface area contributed by atoms with E-state index in [2.05, 4.69) is 47.1 Å². The molecule has 0 saturated carbocycles. The number of fused-ring (bicyclic) bond motifs is 1. The van der Waals surface area contributed by atoms with Gasteiger partial charge >= 0.3 is 0 Å². The number of halogens is 1. The van der Waals surface area contributed by atoms with Gasteiger partial charge in [-0.25, -0.2) is 0 Å². The number of alkyl halides is 1. The Morgan fingerprint density at radius 2 is 2.27 bits per heavy atom. The van der Waals surface area contributed by atoms with Crippen LogP contribution in [0.1, 0.15) is 37.7 Å². The number of hydrogen-bond acceptors (Lipinski definition) is 1. The number of hydrogen-bond donors (Lipinski definition) is 0. The van der Waals surface area contributed by atoms with Crippen molar-refractivity contribution in [3.8, 4) is 0 Å². The summed E-state index contributed by atoms with van der Waals surface area (Å²) < 4.78 is 0. The topological polar surface area (TPSA) is 0 Å². The van der Waals surface area contributed by atoms with Gasteiger partial charge in [-0.15, -0.1) is 11.8 Å². The molecular weight excluding hydrogens is 268 g/mol. The van der Waals surface area contributed by atoms with Crippen LogP contribution in [0.5, 0.6) is 0 Å². The Balaban J connectivity index is 1.90. The van der Waals surface area contributed by atoms with E-state index in [-0.39, 0.29) is 0 Å². The van der Waals surface area contributed by atoms with Crippen molar-refractivity contribution in [2.45, 2.75) is 41.8 Å². The molecule has 2 heteroatoms. The number of thioether (sulfide) groups is 1. The van der Waals surface area contributed by atoms with Gasteiger partial charge in [0.25, 0.3) is 0 Å². The molecule has 0 radical (unpaired) electrons. The molecule has 0 bridgehead atoms. The van der Waals surface area contributed by atoms with Crippen LogP contribution in [0, 0.1) is 0 Å². The smallest absolute Gasteiger partial charge is 0.0117 e. The van der Waals surface area contributed by atoms with E-state index in [1.54, 1.807) is 5.56 Å². The summed E-state index contributed by atoms with van der Waals surface area (Å²) in [6, 6.07) is 8.88. The van der Waals surface area contributed by atoms with Crippen LogP contribution in [0.3, 0.4) is 0 Å². The van der Waals surface area contributed by atoms with E-state index in [1.165, 1.54) is 29.9 Å². The minimum atomic E-state index is 0.668. The molecule has 1 heterocycles. The lowest BCUT2D eigenvalue weighted by atomic mass is 9.95. The predicted octanol–water partition coefficient (Wildman–Crippen LogP) is 4.83. The maximum atomic E-state index is 3.61. The summed E-state index contributed by atoms with van der Waals surface area (Å²) in [5.74, 6) is 2.09. The van der Waals surface area contributed by atoms with Crippen molar-refractivity contribution in [2.75, 3.05) is 5.75 Å². The van der Waals surface area contributed by atoms with Crippen LogP contribution in [0.25, 0.3) is 0 Å². The summed E-state index contributed by atoms with van der Waals surface area (Å²) in [6.07, 6.45) is 3.98. The summed E-state index contributed by atoms with van der Waals surface area (Å²) in [5, 5.41) is 0. The molecule has 0 fully saturated rings. The molecule has 0 nitrogen and oxygen atoms in total. The van der Waals surface area contributed by atoms with Gasteiger partial charge in [-0.1, -0.05) is 47.5 Å².